The average molecular weight is 351 g/mol. The van der Waals surface area contributed by atoms with Gasteiger partial charge in [0, 0.05) is 55.2 Å². The highest BCUT2D eigenvalue weighted by molar-refractivity contribution is 5.94. The molecule has 0 unspecified atom stereocenters. The van der Waals surface area contributed by atoms with E-state index in [1.54, 1.807) is 0 Å². The highest BCUT2D eigenvalue weighted by atomic mass is 16.5. The maximum atomic E-state index is 12.9. The molecule has 1 atom stereocenters. The van der Waals surface area contributed by atoms with Crippen molar-refractivity contribution in [1.29, 1.82) is 0 Å². The van der Waals surface area contributed by atoms with Crippen molar-refractivity contribution < 1.29 is 9.53 Å². The quantitative estimate of drug-likeness (QED) is 0.834. The Hall–Kier alpha value is -2.56. The molecule has 0 N–H and O–H groups in total. The third-order valence-electron chi connectivity index (χ3n) is 5.14. The number of rotatable bonds is 2. The molecule has 26 heavy (non-hydrogen) atoms. The van der Waals surface area contributed by atoms with Gasteiger partial charge in [-0.25, -0.2) is 0 Å². The maximum absolute atomic E-state index is 12.9. The average Bonchev–Trinajstić information content (AvgIpc) is 2.99. The molecule has 0 aliphatic carbocycles. The molecule has 1 saturated heterocycles. The van der Waals surface area contributed by atoms with Crippen LogP contribution in [0.2, 0.25) is 0 Å². The number of carbonyl (C=O) groups is 1. The molecule has 0 bridgehead atoms. The smallest absolute Gasteiger partial charge is 0.253 e. The van der Waals surface area contributed by atoms with Crippen LogP contribution in [0.25, 0.3) is 0 Å². The summed E-state index contributed by atoms with van der Waals surface area (Å²) in [5, 5.41) is 0. The van der Waals surface area contributed by atoms with Crippen LogP contribution in [-0.2, 0) is 6.42 Å². The van der Waals surface area contributed by atoms with Crippen LogP contribution in [0.3, 0.4) is 0 Å². The van der Waals surface area contributed by atoms with Gasteiger partial charge in [0.1, 0.15) is 11.9 Å². The molecular formula is C21H25N3O2. The monoisotopic (exact) mass is 351 g/mol. The zero-order valence-electron chi connectivity index (χ0n) is 15.7. The SMILES string of the molecule is Cc1cc(N2CCN(C(=O)c3ccc4c(c3)C[C@H](C)O4)CC2)cc(C)n1. The second-order valence-electron chi connectivity index (χ2n) is 7.34. The van der Waals surface area contributed by atoms with Gasteiger partial charge in [0.25, 0.3) is 5.91 Å². The molecule has 0 saturated carbocycles. The summed E-state index contributed by atoms with van der Waals surface area (Å²) in [4.78, 5) is 21.6. The van der Waals surface area contributed by atoms with Gasteiger partial charge in [0.2, 0.25) is 0 Å². The molecule has 136 valence electrons. The fourth-order valence-corrected chi connectivity index (χ4v) is 3.90. The Morgan fingerprint density at radius 2 is 1.77 bits per heavy atom. The van der Waals surface area contributed by atoms with E-state index in [0.29, 0.717) is 0 Å². The van der Waals surface area contributed by atoms with Crippen molar-refractivity contribution in [3.8, 4) is 5.75 Å². The lowest BCUT2D eigenvalue weighted by atomic mass is 10.1. The Morgan fingerprint density at radius 1 is 1.08 bits per heavy atom. The summed E-state index contributed by atoms with van der Waals surface area (Å²) in [5.41, 5.74) is 5.18. The number of ether oxygens (including phenoxy) is 1. The number of fused-ring (bicyclic) bond motifs is 1. The van der Waals surface area contributed by atoms with E-state index in [1.165, 1.54) is 5.69 Å². The van der Waals surface area contributed by atoms with Gasteiger partial charge in [0.05, 0.1) is 0 Å². The lowest BCUT2D eigenvalue weighted by Gasteiger charge is -2.36. The summed E-state index contributed by atoms with van der Waals surface area (Å²) in [6, 6.07) is 10.1. The van der Waals surface area contributed by atoms with Crippen LogP contribution in [0.5, 0.6) is 5.75 Å². The molecule has 5 heteroatoms. The molecular weight excluding hydrogens is 326 g/mol. The van der Waals surface area contributed by atoms with Gasteiger partial charge in [-0.15, -0.1) is 0 Å². The van der Waals surface area contributed by atoms with Crippen molar-refractivity contribution in [2.45, 2.75) is 33.3 Å². The molecule has 1 aromatic carbocycles. The van der Waals surface area contributed by atoms with E-state index in [0.717, 1.165) is 60.9 Å². The molecule has 1 fully saturated rings. The maximum Gasteiger partial charge on any atom is 0.253 e. The number of benzene rings is 1. The molecule has 2 aromatic rings. The topological polar surface area (TPSA) is 45.7 Å². The third kappa shape index (κ3) is 3.26. The van der Waals surface area contributed by atoms with E-state index < -0.39 is 0 Å². The molecule has 3 heterocycles. The van der Waals surface area contributed by atoms with Gasteiger partial charge in [-0.2, -0.15) is 0 Å². The van der Waals surface area contributed by atoms with Gasteiger partial charge < -0.3 is 14.5 Å². The van der Waals surface area contributed by atoms with Crippen molar-refractivity contribution in [3.05, 3.63) is 52.8 Å². The van der Waals surface area contributed by atoms with E-state index in [9.17, 15) is 4.79 Å². The zero-order valence-corrected chi connectivity index (χ0v) is 15.7. The first-order chi connectivity index (χ1) is 12.5. The predicted molar refractivity (Wildman–Crippen MR) is 102 cm³/mol. The van der Waals surface area contributed by atoms with Crippen LogP contribution >= 0.6 is 0 Å². The number of anilines is 1. The molecule has 4 rings (SSSR count). The van der Waals surface area contributed by atoms with Gasteiger partial charge in [0.15, 0.2) is 0 Å². The first-order valence-corrected chi connectivity index (χ1v) is 9.29. The number of aromatic nitrogens is 1. The number of amides is 1. The Bertz CT molecular complexity index is 821. The summed E-state index contributed by atoms with van der Waals surface area (Å²) in [6.45, 7) is 9.28. The van der Waals surface area contributed by atoms with Gasteiger partial charge >= 0.3 is 0 Å². The minimum absolute atomic E-state index is 0.120. The number of pyridine rings is 1. The first kappa shape index (κ1) is 16.9. The van der Waals surface area contributed by atoms with Gasteiger partial charge in [-0.05, 0) is 56.7 Å². The van der Waals surface area contributed by atoms with Crippen molar-refractivity contribution >= 4 is 11.6 Å². The minimum Gasteiger partial charge on any atom is -0.490 e. The first-order valence-electron chi connectivity index (χ1n) is 9.29. The molecule has 1 amide bonds. The molecule has 2 aliphatic rings. The van der Waals surface area contributed by atoms with E-state index >= 15 is 0 Å². The Morgan fingerprint density at radius 3 is 2.46 bits per heavy atom. The normalized spacial score (nSPS) is 19.3. The molecule has 0 spiro atoms. The lowest BCUT2D eigenvalue weighted by Crippen LogP contribution is -2.48. The molecule has 1 aromatic heterocycles. The van der Waals surface area contributed by atoms with Crippen molar-refractivity contribution in [2.24, 2.45) is 0 Å². The van der Waals surface area contributed by atoms with Crippen molar-refractivity contribution in [1.82, 2.24) is 9.88 Å². The summed E-state index contributed by atoms with van der Waals surface area (Å²) in [5.74, 6) is 1.04. The summed E-state index contributed by atoms with van der Waals surface area (Å²) >= 11 is 0. The third-order valence-corrected chi connectivity index (χ3v) is 5.14. The number of nitrogens with zero attached hydrogens (tertiary/aromatic N) is 3. The van der Waals surface area contributed by atoms with Crippen LogP contribution in [0.1, 0.15) is 34.2 Å². The van der Waals surface area contributed by atoms with Crippen LogP contribution in [-0.4, -0.2) is 48.1 Å². The standard InChI is InChI=1S/C21H25N3O2/c1-14-10-19(11-15(2)22-14)23-6-8-24(9-7-23)21(25)17-4-5-20-18(13-17)12-16(3)26-20/h4-5,10-11,13,16H,6-9,12H2,1-3H3/t16-/m0/s1. The number of hydrogen-bond donors (Lipinski definition) is 0. The minimum atomic E-state index is 0.120. The second kappa shape index (κ2) is 6.63. The number of aryl methyl sites for hydroxylation is 2. The fraction of sp³-hybridized carbons (Fsp3) is 0.429. The van der Waals surface area contributed by atoms with E-state index in [2.05, 4.69) is 28.9 Å². The summed E-state index contributed by atoms with van der Waals surface area (Å²) in [7, 11) is 0. The summed E-state index contributed by atoms with van der Waals surface area (Å²) < 4.78 is 5.73. The largest absolute Gasteiger partial charge is 0.490 e. The number of piperazine rings is 1. The van der Waals surface area contributed by atoms with E-state index in [4.69, 9.17) is 4.74 Å². The lowest BCUT2D eigenvalue weighted by molar-refractivity contribution is 0.0746. The Balaban J connectivity index is 1.43. The molecule has 5 nitrogen and oxygen atoms in total. The zero-order chi connectivity index (χ0) is 18.3. The summed E-state index contributed by atoms with van der Waals surface area (Å²) in [6.07, 6.45) is 1.08. The molecule has 0 radical (unpaired) electrons. The number of hydrogen-bond acceptors (Lipinski definition) is 4. The van der Waals surface area contributed by atoms with Crippen LogP contribution in [0.4, 0.5) is 5.69 Å². The second-order valence-corrected chi connectivity index (χ2v) is 7.34. The number of carbonyl (C=O) groups excluding carboxylic acids is 1. The van der Waals surface area contributed by atoms with Gasteiger partial charge in [-0.3, -0.25) is 9.78 Å². The Kier molecular flexibility index (Phi) is 4.31. The highest BCUT2D eigenvalue weighted by Gasteiger charge is 2.25. The van der Waals surface area contributed by atoms with E-state index in [1.807, 2.05) is 36.9 Å². The predicted octanol–water partition coefficient (Wildman–Crippen LogP) is 2.98. The van der Waals surface area contributed by atoms with Crippen LogP contribution in [0, 0.1) is 13.8 Å². The Labute approximate surface area is 154 Å². The highest BCUT2D eigenvalue weighted by Crippen LogP contribution is 2.30. The van der Waals surface area contributed by atoms with E-state index in [-0.39, 0.29) is 12.0 Å². The van der Waals surface area contributed by atoms with Crippen molar-refractivity contribution in [3.63, 3.8) is 0 Å². The van der Waals surface area contributed by atoms with Crippen molar-refractivity contribution in [2.75, 3.05) is 31.1 Å². The van der Waals surface area contributed by atoms with Gasteiger partial charge in [-0.1, -0.05) is 0 Å². The fourth-order valence-electron chi connectivity index (χ4n) is 3.90. The van der Waals surface area contributed by atoms with Crippen LogP contribution < -0.4 is 9.64 Å². The molecule has 2 aliphatic heterocycles. The van der Waals surface area contributed by atoms with Crippen LogP contribution in [0.15, 0.2) is 30.3 Å².